The van der Waals surface area contributed by atoms with Gasteiger partial charge in [0.2, 0.25) is 11.8 Å². The lowest BCUT2D eigenvalue weighted by molar-refractivity contribution is -0.141. The molecule has 2 amide bonds. The van der Waals surface area contributed by atoms with Crippen molar-refractivity contribution < 1.29 is 19.5 Å². The molecule has 0 radical (unpaired) electrons. The van der Waals surface area contributed by atoms with E-state index >= 15 is 0 Å². The fourth-order valence-electron chi connectivity index (χ4n) is 2.78. The van der Waals surface area contributed by atoms with Crippen molar-refractivity contribution in [2.45, 2.75) is 19.3 Å². The maximum atomic E-state index is 11.9. The van der Waals surface area contributed by atoms with Gasteiger partial charge in [0.25, 0.3) is 0 Å². The van der Waals surface area contributed by atoms with E-state index in [2.05, 4.69) is 10.6 Å². The molecule has 0 aromatic rings. The zero-order valence-corrected chi connectivity index (χ0v) is 11.4. The van der Waals surface area contributed by atoms with E-state index in [1.54, 1.807) is 4.90 Å². The first-order valence-corrected chi connectivity index (χ1v) is 7.07. The molecule has 1 saturated heterocycles. The highest BCUT2D eigenvalue weighted by Gasteiger charge is 2.33. The van der Waals surface area contributed by atoms with Crippen LogP contribution in [0.5, 0.6) is 0 Å². The van der Waals surface area contributed by atoms with Crippen molar-refractivity contribution in [2.75, 3.05) is 32.7 Å². The van der Waals surface area contributed by atoms with Gasteiger partial charge in [0.15, 0.2) is 0 Å². The summed E-state index contributed by atoms with van der Waals surface area (Å²) in [4.78, 5) is 36.4. The Morgan fingerprint density at radius 2 is 1.80 bits per heavy atom. The molecule has 7 nitrogen and oxygen atoms in total. The van der Waals surface area contributed by atoms with Gasteiger partial charge in [-0.25, -0.2) is 0 Å². The minimum atomic E-state index is -0.836. The third-order valence-electron chi connectivity index (χ3n) is 4.04. The third-order valence-corrected chi connectivity index (χ3v) is 4.04. The predicted molar refractivity (Wildman–Crippen MR) is 70.9 cm³/mol. The Hall–Kier alpha value is -1.63. The van der Waals surface area contributed by atoms with E-state index in [0.29, 0.717) is 32.4 Å². The molecule has 0 unspecified atom stereocenters. The van der Waals surface area contributed by atoms with Crippen molar-refractivity contribution >= 4 is 17.8 Å². The van der Waals surface area contributed by atoms with Crippen LogP contribution in [0.3, 0.4) is 0 Å². The van der Waals surface area contributed by atoms with E-state index in [1.165, 1.54) is 0 Å². The molecule has 1 heterocycles. The van der Waals surface area contributed by atoms with Crippen LogP contribution >= 0.6 is 0 Å². The molecule has 7 heteroatoms. The van der Waals surface area contributed by atoms with Crippen LogP contribution in [0, 0.1) is 11.8 Å². The van der Waals surface area contributed by atoms with E-state index < -0.39 is 11.9 Å². The van der Waals surface area contributed by atoms with Gasteiger partial charge in [0.1, 0.15) is 0 Å². The quantitative estimate of drug-likeness (QED) is 0.617. The van der Waals surface area contributed by atoms with Crippen molar-refractivity contribution in [3.05, 3.63) is 0 Å². The van der Waals surface area contributed by atoms with Crippen LogP contribution in [0.25, 0.3) is 0 Å². The van der Waals surface area contributed by atoms with Crippen molar-refractivity contribution in [2.24, 2.45) is 11.8 Å². The lowest BCUT2D eigenvalue weighted by Crippen LogP contribution is -2.49. The van der Waals surface area contributed by atoms with E-state index in [4.69, 9.17) is 5.11 Å². The minimum Gasteiger partial charge on any atom is -0.481 e. The fraction of sp³-hybridized carbons (Fsp3) is 0.769. The first-order valence-electron chi connectivity index (χ1n) is 7.07. The molecule has 1 saturated carbocycles. The smallest absolute Gasteiger partial charge is 0.306 e. The summed E-state index contributed by atoms with van der Waals surface area (Å²) in [6, 6.07) is 0. The Morgan fingerprint density at radius 1 is 1.15 bits per heavy atom. The SMILES string of the molecule is O=C(O)[C@H]1CC[C@@H](C(=O)NCC(=O)N2CCNCC2)C1. The molecule has 3 N–H and O–H groups in total. The maximum Gasteiger partial charge on any atom is 0.306 e. The molecule has 20 heavy (non-hydrogen) atoms. The minimum absolute atomic E-state index is 0.00702. The topological polar surface area (TPSA) is 98.7 Å². The number of aliphatic carboxylic acids is 1. The molecule has 1 aliphatic carbocycles. The summed E-state index contributed by atoms with van der Waals surface area (Å²) in [5.41, 5.74) is 0. The molecule has 2 aliphatic rings. The summed E-state index contributed by atoms with van der Waals surface area (Å²) in [5.74, 6) is -1.80. The van der Waals surface area contributed by atoms with Crippen LogP contribution in [-0.2, 0) is 14.4 Å². The second kappa shape index (κ2) is 6.69. The van der Waals surface area contributed by atoms with E-state index in [0.717, 1.165) is 13.1 Å². The summed E-state index contributed by atoms with van der Waals surface area (Å²) >= 11 is 0. The average molecular weight is 283 g/mol. The van der Waals surface area contributed by atoms with E-state index in [1.807, 2.05) is 0 Å². The summed E-state index contributed by atoms with van der Waals surface area (Å²) in [5, 5.41) is 14.7. The molecule has 0 aromatic carbocycles. The standard InChI is InChI=1S/C13H21N3O4/c17-11(16-5-3-14-4-6-16)8-15-12(18)9-1-2-10(7-9)13(19)20/h9-10,14H,1-8H2,(H,15,18)(H,19,20)/t9-,10+/m1/s1. The summed E-state index contributed by atoms with van der Waals surface area (Å²) in [7, 11) is 0. The number of carboxylic acids is 1. The van der Waals surface area contributed by atoms with Crippen LogP contribution in [-0.4, -0.2) is 60.5 Å². The van der Waals surface area contributed by atoms with Crippen molar-refractivity contribution in [3.63, 3.8) is 0 Å². The molecule has 112 valence electrons. The average Bonchev–Trinajstić information content (AvgIpc) is 2.95. The number of hydrogen-bond donors (Lipinski definition) is 3. The highest BCUT2D eigenvalue weighted by Crippen LogP contribution is 2.30. The number of hydrogen-bond acceptors (Lipinski definition) is 4. The molecule has 2 atom stereocenters. The van der Waals surface area contributed by atoms with Gasteiger partial charge in [-0.15, -0.1) is 0 Å². The number of nitrogens with zero attached hydrogens (tertiary/aromatic N) is 1. The Morgan fingerprint density at radius 3 is 2.40 bits per heavy atom. The van der Waals surface area contributed by atoms with Crippen LogP contribution in [0.4, 0.5) is 0 Å². The molecule has 2 rings (SSSR count). The first-order chi connectivity index (χ1) is 9.58. The predicted octanol–water partition coefficient (Wildman–Crippen LogP) is -0.965. The van der Waals surface area contributed by atoms with Crippen LogP contribution in [0.2, 0.25) is 0 Å². The molecular formula is C13H21N3O4. The van der Waals surface area contributed by atoms with E-state index in [9.17, 15) is 14.4 Å². The largest absolute Gasteiger partial charge is 0.481 e. The van der Waals surface area contributed by atoms with Gasteiger partial charge in [-0.1, -0.05) is 0 Å². The van der Waals surface area contributed by atoms with Crippen LogP contribution in [0.15, 0.2) is 0 Å². The Balaban J connectivity index is 1.72. The summed E-state index contributed by atoms with van der Waals surface area (Å²) in [6.07, 6.45) is 1.51. The van der Waals surface area contributed by atoms with Gasteiger partial charge < -0.3 is 20.6 Å². The second-order valence-corrected chi connectivity index (χ2v) is 5.39. The highest BCUT2D eigenvalue weighted by atomic mass is 16.4. The number of piperazine rings is 1. The molecule has 0 aromatic heterocycles. The van der Waals surface area contributed by atoms with Crippen molar-refractivity contribution in [1.82, 2.24) is 15.5 Å². The zero-order chi connectivity index (χ0) is 14.5. The van der Waals surface area contributed by atoms with Crippen molar-refractivity contribution in [1.29, 1.82) is 0 Å². The molecule has 2 fully saturated rings. The van der Waals surface area contributed by atoms with Gasteiger partial charge in [-0.05, 0) is 19.3 Å². The molecule has 1 aliphatic heterocycles. The maximum absolute atomic E-state index is 11.9. The fourth-order valence-corrected chi connectivity index (χ4v) is 2.78. The van der Waals surface area contributed by atoms with Gasteiger partial charge >= 0.3 is 5.97 Å². The lowest BCUT2D eigenvalue weighted by Gasteiger charge is -2.27. The first kappa shape index (κ1) is 14.8. The highest BCUT2D eigenvalue weighted by molar-refractivity contribution is 5.86. The summed E-state index contributed by atoms with van der Waals surface area (Å²) in [6.45, 7) is 2.90. The number of carboxylic acid groups (broad SMARTS) is 1. The zero-order valence-electron chi connectivity index (χ0n) is 11.4. The van der Waals surface area contributed by atoms with Crippen LogP contribution < -0.4 is 10.6 Å². The number of carbonyl (C=O) groups excluding carboxylic acids is 2. The Labute approximate surface area is 117 Å². The third kappa shape index (κ3) is 3.69. The molecule has 0 spiro atoms. The number of nitrogens with one attached hydrogen (secondary N) is 2. The monoisotopic (exact) mass is 283 g/mol. The lowest BCUT2D eigenvalue weighted by atomic mass is 10.0. The van der Waals surface area contributed by atoms with Gasteiger partial charge in [0.05, 0.1) is 12.5 Å². The van der Waals surface area contributed by atoms with Gasteiger partial charge in [0, 0.05) is 32.1 Å². The number of carbonyl (C=O) groups is 3. The van der Waals surface area contributed by atoms with Gasteiger partial charge in [-0.2, -0.15) is 0 Å². The van der Waals surface area contributed by atoms with Crippen LogP contribution in [0.1, 0.15) is 19.3 Å². The normalized spacial score (nSPS) is 26.3. The van der Waals surface area contributed by atoms with Crippen molar-refractivity contribution in [3.8, 4) is 0 Å². The Kier molecular flexibility index (Phi) is 4.94. The van der Waals surface area contributed by atoms with Gasteiger partial charge in [-0.3, -0.25) is 14.4 Å². The molecule has 0 bridgehead atoms. The summed E-state index contributed by atoms with van der Waals surface area (Å²) < 4.78 is 0. The van der Waals surface area contributed by atoms with E-state index in [-0.39, 0.29) is 24.3 Å². The second-order valence-electron chi connectivity index (χ2n) is 5.39. The number of amides is 2. The Bertz CT molecular complexity index is 393. The number of rotatable bonds is 4. The molecular weight excluding hydrogens is 262 g/mol.